The molecule has 1 saturated heterocycles. The SMILES string of the molecule is CCCCOCCCNC1CCCN(CCC)CC1. The van der Waals surface area contributed by atoms with Crippen LogP contribution < -0.4 is 5.32 Å². The van der Waals surface area contributed by atoms with E-state index in [1.807, 2.05) is 0 Å². The van der Waals surface area contributed by atoms with Gasteiger partial charge in [-0.05, 0) is 64.7 Å². The zero-order valence-electron chi connectivity index (χ0n) is 13.1. The Kier molecular flexibility index (Phi) is 10.4. The lowest BCUT2D eigenvalue weighted by Crippen LogP contribution is -2.32. The first kappa shape index (κ1) is 16.9. The largest absolute Gasteiger partial charge is 0.381 e. The first-order valence-corrected chi connectivity index (χ1v) is 8.40. The van der Waals surface area contributed by atoms with Crippen molar-refractivity contribution in [2.75, 3.05) is 39.4 Å². The summed E-state index contributed by atoms with van der Waals surface area (Å²) >= 11 is 0. The van der Waals surface area contributed by atoms with Gasteiger partial charge in [-0.25, -0.2) is 0 Å². The summed E-state index contributed by atoms with van der Waals surface area (Å²) in [5, 5.41) is 3.71. The third-order valence-electron chi connectivity index (χ3n) is 3.90. The molecule has 0 aromatic rings. The van der Waals surface area contributed by atoms with E-state index in [2.05, 4.69) is 24.1 Å². The second kappa shape index (κ2) is 11.7. The minimum Gasteiger partial charge on any atom is -0.381 e. The van der Waals surface area contributed by atoms with Crippen molar-refractivity contribution in [2.45, 2.75) is 64.8 Å². The normalized spacial score (nSPS) is 21.5. The number of hydrogen-bond donors (Lipinski definition) is 1. The van der Waals surface area contributed by atoms with E-state index in [4.69, 9.17) is 4.74 Å². The zero-order chi connectivity index (χ0) is 13.8. The maximum absolute atomic E-state index is 5.59. The second-order valence-corrected chi connectivity index (χ2v) is 5.74. The van der Waals surface area contributed by atoms with Crippen LogP contribution in [0.15, 0.2) is 0 Å². The van der Waals surface area contributed by atoms with E-state index in [-0.39, 0.29) is 0 Å². The summed E-state index contributed by atoms with van der Waals surface area (Å²) < 4.78 is 5.59. The van der Waals surface area contributed by atoms with Crippen molar-refractivity contribution in [2.24, 2.45) is 0 Å². The molecule has 0 spiro atoms. The van der Waals surface area contributed by atoms with Crippen LogP contribution >= 0.6 is 0 Å². The molecule has 1 aliphatic rings. The first-order chi connectivity index (χ1) is 9.36. The third-order valence-corrected chi connectivity index (χ3v) is 3.90. The highest BCUT2D eigenvalue weighted by Crippen LogP contribution is 2.11. The quantitative estimate of drug-likeness (QED) is 0.618. The molecule has 3 nitrogen and oxygen atoms in total. The summed E-state index contributed by atoms with van der Waals surface area (Å²) in [4.78, 5) is 2.62. The van der Waals surface area contributed by atoms with E-state index in [1.54, 1.807) is 0 Å². The molecule has 0 bridgehead atoms. The van der Waals surface area contributed by atoms with E-state index >= 15 is 0 Å². The topological polar surface area (TPSA) is 24.5 Å². The Bertz CT molecular complexity index is 199. The molecule has 1 atom stereocenters. The van der Waals surface area contributed by atoms with Crippen molar-refractivity contribution >= 4 is 0 Å². The standard InChI is InChI=1S/C16H34N2O/c1-3-5-14-19-15-7-10-17-16-8-6-12-18(11-4-2)13-9-16/h16-17H,3-15H2,1-2H3. The van der Waals surface area contributed by atoms with Gasteiger partial charge in [-0.3, -0.25) is 0 Å². The summed E-state index contributed by atoms with van der Waals surface area (Å²) in [5.41, 5.74) is 0. The molecule has 114 valence electrons. The summed E-state index contributed by atoms with van der Waals surface area (Å²) in [6.45, 7) is 11.3. The molecule has 0 saturated carbocycles. The highest BCUT2D eigenvalue weighted by Gasteiger charge is 2.15. The minimum absolute atomic E-state index is 0.734. The Morgan fingerprint density at radius 2 is 1.89 bits per heavy atom. The minimum atomic E-state index is 0.734. The van der Waals surface area contributed by atoms with Gasteiger partial charge in [-0.2, -0.15) is 0 Å². The lowest BCUT2D eigenvalue weighted by atomic mass is 10.1. The maximum atomic E-state index is 5.59. The van der Waals surface area contributed by atoms with Crippen molar-refractivity contribution in [3.63, 3.8) is 0 Å². The molecule has 0 aliphatic carbocycles. The molecular formula is C16H34N2O. The number of likely N-dealkylation sites (tertiary alicyclic amines) is 1. The van der Waals surface area contributed by atoms with Crippen LogP contribution in [0, 0.1) is 0 Å². The third kappa shape index (κ3) is 8.61. The van der Waals surface area contributed by atoms with Crippen molar-refractivity contribution in [3.05, 3.63) is 0 Å². The van der Waals surface area contributed by atoms with Gasteiger partial charge in [0.1, 0.15) is 0 Å². The van der Waals surface area contributed by atoms with Crippen molar-refractivity contribution in [1.82, 2.24) is 10.2 Å². The number of unbranched alkanes of at least 4 members (excludes halogenated alkanes) is 1. The average molecular weight is 270 g/mol. The van der Waals surface area contributed by atoms with Crippen LogP contribution in [0.25, 0.3) is 0 Å². The molecule has 19 heavy (non-hydrogen) atoms. The summed E-state index contributed by atoms with van der Waals surface area (Å²) in [6, 6.07) is 0.734. The van der Waals surface area contributed by atoms with Gasteiger partial charge in [-0.15, -0.1) is 0 Å². The van der Waals surface area contributed by atoms with Crippen molar-refractivity contribution in [1.29, 1.82) is 0 Å². The fourth-order valence-corrected chi connectivity index (χ4v) is 2.73. The fraction of sp³-hybridized carbons (Fsp3) is 1.00. The molecule has 0 aromatic carbocycles. The highest BCUT2D eigenvalue weighted by atomic mass is 16.5. The Labute approximate surface area is 120 Å². The Balaban J connectivity index is 1.97. The van der Waals surface area contributed by atoms with Gasteiger partial charge >= 0.3 is 0 Å². The number of ether oxygens (including phenoxy) is 1. The summed E-state index contributed by atoms with van der Waals surface area (Å²) in [7, 11) is 0. The molecule has 1 heterocycles. The van der Waals surface area contributed by atoms with Gasteiger partial charge in [0, 0.05) is 19.3 Å². The molecule has 1 rings (SSSR count). The summed E-state index contributed by atoms with van der Waals surface area (Å²) in [5.74, 6) is 0. The molecule has 1 aliphatic heterocycles. The molecule has 1 N–H and O–H groups in total. The molecule has 1 fully saturated rings. The van der Waals surface area contributed by atoms with Crippen LogP contribution in [0.1, 0.15) is 58.8 Å². The predicted molar refractivity (Wildman–Crippen MR) is 82.7 cm³/mol. The van der Waals surface area contributed by atoms with E-state index in [0.717, 1.165) is 32.2 Å². The molecular weight excluding hydrogens is 236 g/mol. The highest BCUT2D eigenvalue weighted by molar-refractivity contribution is 4.74. The Hall–Kier alpha value is -0.120. The molecule has 0 amide bonds. The van der Waals surface area contributed by atoms with Gasteiger partial charge in [0.2, 0.25) is 0 Å². The van der Waals surface area contributed by atoms with Crippen LogP contribution in [0.4, 0.5) is 0 Å². The second-order valence-electron chi connectivity index (χ2n) is 5.74. The van der Waals surface area contributed by atoms with Crippen LogP contribution in [-0.4, -0.2) is 50.3 Å². The monoisotopic (exact) mass is 270 g/mol. The lowest BCUT2D eigenvalue weighted by Gasteiger charge is -2.19. The predicted octanol–water partition coefficient (Wildman–Crippen LogP) is 3.05. The maximum Gasteiger partial charge on any atom is 0.0478 e. The van der Waals surface area contributed by atoms with E-state index in [0.29, 0.717) is 0 Å². The number of hydrogen-bond acceptors (Lipinski definition) is 3. The van der Waals surface area contributed by atoms with Gasteiger partial charge in [0.15, 0.2) is 0 Å². The van der Waals surface area contributed by atoms with Gasteiger partial charge in [0.05, 0.1) is 0 Å². The molecule has 0 radical (unpaired) electrons. The van der Waals surface area contributed by atoms with Crippen molar-refractivity contribution < 1.29 is 4.74 Å². The van der Waals surface area contributed by atoms with Crippen LogP contribution in [0.5, 0.6) is 0 Å². The van der Waals surface area contributed by atoms with E-state index in [9.17, 15) is 0 Å². The smallest absolute Gasteiger partial charge is 0.0478 e. The molecule has 3 heteroatoms. The molecule has 1 unspecified atom stereocenters. The average Bonchev–Trinajstić information content (AvgIpc) is 2.64. The van der Waals surface area contributed by atoms with Gasteiger partial charge in [-0.1, -0.05) is 20.3 Å². The Morgan fingerprint density at radius 3 is 2.68 bits per heavy atom. The van der Waals surface area contributed by atoms with Crippen LogP contribution in [0.3, 0.4) is 0 Å². The van der Waals surface area contributed by atoms with E-state index in [1.165, 1.54) is 58.2 Å². The van der Waals surface area contributed by atoms with Gasteiger partial charge in [0.25, 0.3) is 0 Å². The number of rotatable bonds is 10. The van der Waals surface area contributed by atoms with Crippen LogP contribution in [-0.2, 0) is 4.74 Å². The molecule has 0 aromatic heterocycles. The fourth-order valence-electron chi connectivity index (χ4n) is 2.73. The van der Waals surface area contributed by atoms with Gasteiger partial charge < -0.3 is 15.0 Å². The Morgan fingerprint density at radius 1 is 1.05 bits per heavy atom. The van der Waals surface area contributed by atoms with Crippen LogP contribution in [0.2, 0.25) is 0 Å². The number of nitrogens with zero attached hydrogens (tertiary/aromatic N) is 1. The summed E-state index contributed by atoms with van der Waals surface area (Å²) in [6.07, 6.45) is 8.88. The van der Waals surface area contributed by atoms with E-state index < -0.39 is 0 Å². The first-order valence-electron chi connectivity index (χ1n) is 8.40. The lowest BCUT2D eigenvalue weighted by molar-refractivity contribution is 0.128. The number of nitrogens with one attached hydrogen (secondary N) is 1. The zero-order valence-corrected chi connectivity index (χ0v) is 13.1. The van der Waals surface area contributed by atoms with Crippen molar-refractivity contribution in [3.8, 4) is 0 Å².